The highest BCUT2D eigenvalue weighted by Crippen LogP contribution is 2.38. The predicted molar refractivity (Wildman–Crippen MR) is 76.5 cm³/mol. The molecule has 20 heavy (non-hydrogen) atoms. The van der Waals surface area contributed by atoms with Crippen LogP contribution in [0.4, 0.5) is 0 Å². The third-order valence-electron chi connectivity index (χ3n) is 4.69. The molecule has 2 aliphatic rings. The second-order valence-electron chi connectivity index (χ2n) is 5.91. The van der Waals surface area contributed by atoms with Gasteiger partial charge in [-0.25, -0.2) is 0 Å². The Balaban J connectivity index is 1.73. The molecular weight excluding hydrogens is 254 g/mol. The zero-order chi connectivity index (χ0) is 14.1. The second-order valence-corrected chi connectivity index (χ2v) is 5.91. The van der Waals surface area contributed by atoms with Crippen molar-refractivity contribution in [2.24, 2.45) is 22.7 Å². The minimum atomic E-state index is -0.135. The molecule has 3 unspecified atom stereocenters. The summed E-state index contributed by atoms with van der Waals surface area (Å²) < 4.78 is 0. The number of nitrogens with zero attached hydrogens (tertiary/aromatic N) is 2. The molecule has 0 amide bonds. The number of nitrogens with two attached hydrogens (primary N) is 1. The summed E-state index contributed by atoms with van der Waals surface area (Å²) in [6.07, 6.45) is 1.94. The lowest BCUT2D eigenvalue weighted by atomic mass is 10.00. The summed E-state index contributed by atoms with van der Waals surface area (Å²) in [5.41, 5.74) is 7.58. The number of aliphatic hydroxyl groups excluding tert-OH is 1. The molecule has 0 radical (unpaired) electrons. The van der Waals surface area contributed by atoms with Gasteiger partial charge in [-0.3, -0.25) is 4.90 Å². The molecule has 1 aromatic carbocycles. The van der Waals surface area contributed by atoms with Crippen molar-refractivity contribution in [1.29, 1.82) is 0 Å². The Bertz CT molecular complexity index is 518. The SMILES string of the molecule is N/C(=N/O)c1ccccc1CN1CC2CCC(O)C2C1. The Morgan fingerprint density at radius 1 is 1.30 bits per heavy atom. The molecule has 0 spiro atoms. The van der Waals surface area contributed by atoms with E-state index in [4.69, 9.17) is 10.9 Å². The molecule has 108 valence electrons. The van der Waals surface area contributed by atoms with Gasteiger partial charge in [-0.05, 0) is 24.3 Å². The number of hydrogen-bond donors (Lipinski definition) is 3. The molecule has 1 aromatic rings. The van der Waals surface area contributed by atoms with Crippen LogP contribution in [-0.2, 0) is 6.54 Å². The molecule has 1 aliphatic carbocycles. The summed E-state index contributed by atoms with van der Waals surface area (Å²) in [5, 5.41) is 21.9. The van der Waals surface area contributed by atoms with Gasteiger partial charge in [0, 0.05) is 31.1 Å². The topological polar surface area (TPSA) is 82.1 Å². The van der Waals surface area contributed by atoms with Gasteiger partial charge in [-0.2, -0.15) is 0 Å². The van der Waals surface area contributed by atoms with Gasteiger partial charge in [-0.15, -0.1) is 0 Å². The predicted octanol–water partition coefficient (Wildman–Crippen LogP) is 0.984. The van der Waals surface area contributed by atoms with Gasteiger partial charge in [0.1, 0.15) is 0 Å². The van der Waals surface area contributed by atoms with Crippen molar-refractivity contribution in [3.8, 4) is 0 Å². The van der Waals surface area contributed by atoms with Crippen LogP contribution in [0.15, 0.2) is 29.4 Å². The van der Waals surface area contributed by atoms with Crippen LogP contribution in [-0.4, -0.2) is 40.2 Å². The lowest BCUT2D eigenvalue weighted by Gasteiger charge is -2.19. The van der Waals surface area contributed by atoms with Crippen molar-refractivity contribution in [3.63, 3.8) is 0 Å². The number of benzene rings is 1. The van der Waals surface area contributed by atoms with E-state index in [1.807, 2.05) is 24.3 Å². The molecule has 5 heteroatoms. The van der Waals surface area contributed by atoms with E-state index in [0.29, 0.717) is 11.8 Å². The van der Waals surface area contributed by atoms with Crippen LogP contribution in [0.3, 0.4) is 0 Å². The largest absolute Gasteiger partial charge is 0.409 e. The summed E-state index contributed by atoms with van der Waals surface area (Å²) in [6.45, 7) is 2.76. The average Bonchev–Trinajstić information content (AvgIpc) is 3.01. The Morgan fingerprint density at radius 3 is 2.85 bits per heavy atom. The van der Waals surface area contributed by atoms with Gasteiger partial charge in [0.05, 0.1) is 6.10 Å². The van der Waals surface area contributed by atoms with Crippen molar-refractivity contribution >= 4 is 5.84 Å². The van der Waals surface area contributed by atoms with Gasteiger partial charge < -0.3 is 16.0 Å². The third kappa shape index (κ3) is 2.39. The Hall–Kier alpha value is -1.59. The van der Waals surface area contributed by atoms with Crippen molar-refractivity contribution < 1.29 is 10.3 Å². The maximum absolute atomic E-state index is 9.97. The molecule has 1 aliphatic heterocycles. The molecule has 3 atom stereocenters. The fourth-order valence-electron chi connectivity index (χ4n) is 3.66. The van der Waals surface area contributed by atoms with Crippen molar-refractivity contribution in [2.75, 3.05) is 13.1 Å². The first-order valence-corrected chi connectivity index (χ1v) is 7.15. The van der Waals surface area contributed by atoms with Crippen LogP contribution in [0.5, 0.6) is 0 Å². The first-order valence-electron chi connectivity index (χ1n) is 7.15. The highest BCUT2D eigenvalue weighted by Gasteiger charge is 2.41. The quantitative estimate of drug-likeness (QED) is 0.332. The van der Waals surface area contributed by atoms with Crippen LogP contribution >= 0.6 is 0 Å². The van der Waals surface area contributed by atoms with E-state index in [9.17, 15) is 5.11 Å². The maximum Gasteiger partial charge on any atom is 0.170 e. The minimum Gasteiger partial charge on any atom is -0.409 e. The maximum atomic E-state index is 9.97. The standard InChI is InChI=1S/C15H21N3O2/c16-15(17-20)12-4-2-1-3-10(12)7-18-8-11-5-6-14(19)13(11)9-18/h1-4,11,13-14,19-20H,5-9H2,(H2,16,17). The fourth-order valence-corrected chi connectivity index (χ4v) is 3.66. The second kappa shape index (κ2) is 5.42. The molecule has 0 aromatic heterocycles. The molecule has 1 heterocycles. The van der Waals surface area contributed by atoms with Crippen LogP contribution in [0, 0.1) is 11.8 Å². The van der Waals surface area contributed by atoms with E-state index in [1.54, 1.807) is 0 Å². The van der Waals surface area contributed by atoms with E-state index in [-0.39, 0.29) is 11.9 Å². The molecule has 4 N–H and O–H groups in total. The molecule has 5 nitrogen and oxygen atoms in total. The first kappa shape index (κ1) is 13.4. The first-order chi connectivity index (χ1) is 9.69. The number of aliphatic hydroxyl groups is 1. The Kier molecular flexibility index (Phi) is 3.63. The zero-order valence-electron chi connectivity index (χ0n) is 11.4. The van der Waals surface area contributed by atoms with Gasteiger partial charge in [0.15, 0.2) is 5.84 Å². The van der Waals surface area contributed by atoms with E-state index in [0.717, 1.165) is 43.6 Å². The molecule has 2 fully saturated rings. The molecule has 0 bridgehead atoms. The number of rotatable bonds is 3. The summed E-state index contributed by atoms with van der Waals surface area (Å²) >= 11 is 0. The molecule has 3 rings (SSSR count). The fraction of sp³-hybridized carbons (Fsp3) is 0.533. The number of amidine groups is 1. The molecule has 1 saturated heterocycles. The van der Waals surface area contributed by atoms with Crippen molar-refractivity contribution in [1.82, 2.24) is 4.90 Å². The number of oxime groups is 1. The van der Waals surface area contributed by atoms with Gasteiger partial charge in [0.2, 0.25) is 0 Å². The monoisotopic (exact) mass is 275 g/mol. The third-order valence-corrected chi connectivity index (χ3v) is 4.69. The van der Waals surface area contributed by atoms with E-state index in [2.05, 4.69) is 10.1 Å². The number of fused-ring (bicyclic) bond motifs is 1. The minimum absolute atomic E-state index is 0.135. The molecule has 1 saturated carbocycles. The summed E-state index contributed by atoms with van der Waals surface area (Å²) in [4.78, 5) is 2.36. The van der Waals surface area contributed by atoms with E-state index >= 15 is 0 Å². The number of likely N-dealkylation sites (tertiary alicyclic amines) is 1. The van der Waals surface area contributed by atoms with Gasteiger partial charge in [-0.1, -0.05) is 29.4 Å². The van der Waals surface area contributed by atoms with Crippen LogP contribution in [0.1, 0.15) is 24.0 Å². The summed E-state index contributed by atoms with van der Waals surface area (Å²) in [5.74, 6) is 1.20. The van der Waals surface area contributed by atoms with Crippen LogP contribution in [0.2, 0.25) is 0 Å². The zero-order valence-corrected chi connectivity index (χ0v) is 11.4. The Morgan fingerprint density at radius 2 is 2.10 bits per heavy atom. The Labute approximate surface area is 118 Å². The van der Waals surface area contributed by atoms with Crippen molar-refractivity contribution in [3.05, 3.63) is 35.4 Å². The van der Waals surface area contributed by atoms with Gasteiger partial charge >= 0.3 is 0 Å². The van der Waals surface area contributed by atoms with Crippen LogP contribution < -0.4 is 5.73 Å². The highest BCUT2D eigenvalue weighted by atomic mass is 16.4. The summed E-state index contributed by atoms with van der Waals surface area (Å²) in [7, 11) is 0. The average molecular weight is 275 g/mol. The van der Waals surface area contributed by atoms with Crippen molar-refractivity contribution in [2.45, 2.75) is 25.5 Å². The lowest BCUT2D eigenvalue weighted by molar-refractivity contribution is 0.123. The smallest absolute Gasteiger partial charge is 0.170 e. The normalized spacial score (nSPS) is 30.6. The summed E-state index contributed by atoms with van der Waals surface area (Å²) in [6, 6.07) is 7.74. The van der Waals surface area contributed by atoms with Crippen LogP contribution in [0.25, 0.3) is 0 Å². The lowest BCUT2D eigenvalue weighted by Crippen LogP contribution is -2.26. The van der Waals surface area contributed by atoms with E-state index < -0.39 is 0 Å². The van der Waals surface area contributed by atoms with E-state index in [1.165, 1.54) is 0 Å². The number of hydrogen-bond acceptors (Lipinski definition) is 4. The molecular formula is C15H21N3O2. The highest BCUT2D eigenvalue weighted by molar-refractivity contribution is 5.98. The van der Waals surface area contributed by atoms with Gasteiger partial charge in [0.25, 0.3) is 0 Å².